The molecule has 2 aliphatic heterocycles. The van der Waals surface area contributed by atoms with Gasteiger partial charge in [0.2, 0.25) is 0 Å². The third-order valence-corrected chi connectivity index (χ3v) is 4.72. The number of carbonyl (C=O) groups excluding carboxylic acids is 1. The first-order valence-electron chi connectivity index (χ1n) is 5.96. The highest BCUT2D eigenvalue weighted by molar-refractivity contribution is 9.10. The molecule has 21 heavy (non-hydrogen) atoms. The molecular formula is C13H8BrF3N2OS. The molecule has 0 saturated carbocycles. The highest BCUT2D eigenvalue weighted by atomic mass is 79.9. The summed E-state index contributed by atoms with van der Waals surface area (Å²) in [6.45, 7) is 0. The second kappa shape index (κ2) is 5.17. The van der Waals surface area contributed by atoms with Crippen molar-refractivity contribution in [2.45, 2.75) is 12.6 Å². The number of hydrogen-bond acceptors (Lipinski definition) is 3. The number of hydrogen-bond donors (Lipinski definition) is 0. The van der Waals surface area contributed by atoms with E-state index < -0.39 is 17.7 Å². The number of halogens is 4. The minimum atomic E-state index is -4.47. The third kappa shape index (κ3) is 2.74. The first-order chi connectivity index (χ1) is 9.86. The maximum atomic E-state index is 13.2. The van der Waals surface area contributed by atoms with Gasteiger partial charge in [0.15, 0.2) is 0 Å². The van der Waals surface area contributed by atoms with Gasteiger partial charge in [0, 0.05) is 10.9 Å². The Labute approximate surface area is 131 Å². The van der Waals surface area contributed by atoms with E-state index in [1.807, 2.05) is 0 Å². The van der Waals surface area contributed by atoms with Gasteiger partial charge in [0.1, 0.15) is 5.03 Å². The Kier molecular flexibility index (Phi) is 3.61. The van der Waals surface area contributed by atoms with Crippen LogP contribution in [0.4, 0.5) is 13.2 Å². The van der Waals surface area contributed by atoms with Crippen molar-refractivity contribution in [1.29, 1.82) is 0 Å². The van der Waals surface area contributed by atoms with Crippen molar-refractivity contribution in [2.75, 3.05) is 5.75 Å². The van der Waals surface area contributed by atoms with Crippen LogP contribution < -0.4 is 0 Å². The normalized spacial score (nSPS) is 19.0. The van der Waals surface area contributed by atoms with E-state index in [-0.39, 0.29) is 22.9 Å². The summed E-state index contributed by atoms with van der Waals surface area (Å²) < 4.78 is 40.4. The van der Waals surface area contributed by atoms with Gasteiger partial charge >= 0.3 is 6.18 Å². The summed E-state index contributed by atoms with van der Waals surface area (Å²) in [7, 11) is 0. The molecule has 8 heteroatoms. The van der Waals surface area contributed by atoms with Gasteiger partial charge in [0.05, 0.1) is 17.0 Å². The molecule has 2 aliphatic rings. The summed E-state index contributed by atoms with van der Waals surface area (Å²) in [6.07, 6.45) is -4.79. The van der Waals surface area contributed by atoms with E-state index in [4.69, 9.17) is 0 Å². The molecule has 1 saturated heterocycles. The molecular weight excluding hydrogens is 369 g/mol. The number of amides is 1. The zero-order chi connectivity index (χ0) is 15.2. The quantitative estimate of drug-likeness (QED) is 0.744. The number of nitrogens with zero attached hydrogens (tertiary/aromatic N) is 2. The lowest BCUT2D eigenvalue weighted by molar-refractivity contribution is -0.126. The number of hydrazone groups is 1. The topological polar surface area (TPSA) is 32.7 Å². The van der Waals surface area contributed by atoms with Gasteiger partial charge in [0.25, 0.3) is 5.91 Å². The van der Waals surface area contributed by atoms with E-state index in [1.165, 1.54) is 0 Å². The minimum Gasteiger partial charge on any atom is -0.272 e. The fourth-order valence-electron chi connectivity index (χ4n) is 2.10. The van der Waals surface area contributed by atoms with Crippen LogP contribution in [0.5, 0.6) is 0 Å². The Morgan fingerprint density at radius 2 is 1.90 bits per heavy atom. The van der Waals surface area contributed by atoms with Gasteiger partial charge in [-0.25, -0.2) is 0 Å². The van der Waals surface area contributed by atoms with Gasteiger partial charge in [-0.1, -0.05) is 39.8 Å². The predicted octanol–water partition coefficient (Wildman–Crippen LogP) is 3.91. The molecule has 0 aliphatic carbocycles. The van der Waals surface area contributed by atoms with Crippen LogP contribution >= 0.6 is 27.7 Å². The minimum absolute atomic E-state index is 0.00791. The molecule has 0 bridgehead atoms. The molecule has 2 heterocycles. The summed E-state index contributed by atoms with van der Waals surface area (Å²) in [4.78, 5) is 11.7. The highest BCUT2D eigenvalue weighted by Crippen LogP contribution is 2.43. The molecule has 1 aromatic carbocycles. The van der Waals surface area contributed by atoms with Gasteiger partial charge in [-0.3, -0.25) is 4.79 Å². The van der Waals surface area contributed by atoms with Crippen LogP contribution in [0.15, 0.2) is 44.4 Å². The second-order valence-electron chi connectivity index (χ2n) is 4.51. The molecule has 0 N–H and O–H groups in total. The Bertz CT molecular complexity index is 667. The number of benzene rings is 1. The van der Waals surface area contributed by atoms with Gasteiger partial charge < -0.3 is 0 Å². The summed E-state index contributed by atoms with van der Waals surface area (Å²) in [5, 5.41) is 4.89. The number of thioether (sulfide) groups is 1. The molecule has 3 rings (SSSR count). The molecule has 3 nitrogen and oxygen atoms in total. The Hall–Kier alpha value is -1.28. The number of fused-ring (bicyclic) bond motifs is 1. The van der Waals surface area contributed by atoms with Gasteiger partial charge in [-0.2, -0.15) is 23.3 Å². The molecule has 0 atom stereocenters. The maximum absolute atomic E-state index is 13.2. The Morgan fingerprint density at radius 1 is 1.24 bits per heavy atom. The zero-order valence-corrected chi connectivity index (χ0v) is 12.8. The van der Waals surface area contributed by atoms with E-state index in [1.54, 1.807) is 24.3 Å². The Balaban J connectivity index is 2.04. The summed E-state index contributed by atoms with van der Waals surface area (Å²) in [5.41, 5.74) is 0.115. The lowest BCUT2D eigenvalue weighted by Crippen LogP contribution is -2.30. The van der Waals surface area contributed by atoms with E-state index in [0.717, 1.165) is 21.2 Å². The van der Waals surface area contributed by atoms with E-state index in [9.17, 15) is 18.0 Å². The lowest BCUT2D eigenvalue weighted by Gasteiger charge is -2.24. The molecule has 1 aromatic rings. The van der Waals surface area contributed by atoms with Crippen LogP contribution in [0, 0.1) is 0 Å². The number of allylic oxidation sites excluding steroid dienone is 1. The van der Waals surface area contributed by atoms with Crippen LogP contribution in [0.2, 0.25) is 0 Å². The van der Waals surface area contributed by atoms with Crippen molar-refractivity contribution in [3.8, 4) is 0 Å². The lowest BCUT2D eigenvalue weighted by atomic mass is 10.0. The van der Waals surface area contributed by atoms with Crippen molar-refractivity contribution in [2.24, 2.45) is 5.10 Å². The third-order valence-electron chi connectivity index (χ3n) is 3.10. The standard InChI is InChI=1S/C13H8BrF3N2OS/c14-8-3-1-7(2-4-8)10-5-9(13(15,16)17)12-19(18-10)11(20)6-21-12/h1-4H,5-6H2. The Morgan fingerprint density at radius 3 is 2.52 bits per heavy atom. The van der Waals surface area contributed by atoms with Crippen molar-refractivity contribution in [1.82, 2.24) is 5.01 Å². The molecule has 0 spiro atoms. The average molecular weight is 377 g/mol. The SMILES string of the molecule is O=C1CSC2=C(C(F)(F)F)CC(c3ccc(Br)cc3)=NN12. The van der Waals surface area contributed by atoms with Crippen LogP contribution in [0.1, 0.15) is 12.0 Å². The average Bonchev–Trinajstić information content (AvgIpc) is 2.79. The van der Waals surface area contributed by atoms with Crippen molar-refractivity contribution in [3.05, 3.63) is 44.9 Å². The molecule has 1 fully saturated rings. The van der Waals surface area contributed by atoms with Crippen molar-refractivity contribution < 1.29 is 18.0 Å². The van der Waals surface area contributed by atoms with Crippen LogP contribution in [-0.2, 0) is 4.79 Å². The second-order valence-corrected chi connectivity index (χ2v) is 6.39. The smallest absolute Gasteiger partial charge is 0.272 e. The molecule has 0 unspecified atom stereocenters. The summed E-state index contributed by atoms with van der Waals surface area (Å²) >= 11 is 4.16. The first-order valence-corrected chi connectivity index (χ1v) is 7.73. The first kappa shape index (κ1) is 14.6. The van der Waals surface area contributed by atoms with Gasteiger partial charge in [-0.15, -0.1) is 0 Å². The van der Waals surface area contributed by atoms with E-state index in [2.05, 4.69) is 21.0 Å². The van der Waals surface area contributed by atoms with Crippen LogP contribution in [-0.4, -0.2) is 28.6 Å². The van der Waals surface area contributed by atoms with Crippen molar-refractivity contribution in [3.63, 3.8) is 0 Å². The van der Waals surface area contributed by atoms with E-state index in [0.29, 0.717) is 5.56 Å². The van der Waals surface area contributed by atoms with Crippen LogP contribution in [0.3, 0.4) is 0 Å². The van der Waals surface area contributed by atoms with Crippen molar-refractivity contribution >= 4 is 39.3 Å². The fourth-order valence-corrected chi connectivity index (χ4v) is 3.38. The predicted molar refractivity (Wildman–Crippen MR) is 77.7 cm³/mol. The molecule has 110 valence electrons. The zero-order valence-electron chi connectivity index (χ0n) is 10.4. The highest BCUT2D eigenvalue weighted by Gasteiger charge is 2.44. The number of rotatable bonds is 1. The maximum Gasteiger partial charge on any atom is 0.415 e. The molecule has 0 aromatic heterocycles. The fraction of sp³-hybridized carbons (Fsp3) is 0.231. The molecule has 1 amide bonds. The van der Waals surface area contributed by atoms with Gasteiger partial charge in [-0.05, 0) is 17.7 Å². The number of carbonyl (C=O) groups is 1. The monoisotopic (exact) mass is 376 g/mol. The van der Waals surface area contributed by atoms with Crippen LogP contribution in [0.25, 0.3) is 0 Å². The molecule has 0 radical (unpaired) electrons. The summed E-state index contributed by atoms with van der Waals surface area (Å²) in [5.74, 6) is -0.433. The largest absolute Gasteiger partial charge is 0.415 e. The van der Waals surface area contributed by atoms with E-state index >= 15 is 0 Å². The summed E-state index contributed by atoms with van der Waals surface area (Å²) in [6, 6.07) is 6.81. The number of alkyl halides is 3.